The van der Waals surface area contributed by atoms with Gasteiger partial charge in [0, 0.05) is 6.42 Å². The Morgan fingerprint density at radius 3 is 1.79 bits per heavy atom. The first-order chi connectivity index (χ1) is 11.8. The topological polar surface area (TPSA) is 26.3 Å². The molecule has 0 aliphatic carbocycles. The van der Waals surface area contributed by atoms with Crippen molar-refractivity contribution >= 4 is 5.97 Å². The summed E-state index contributed by atoms with van der Waals surface area (Å²) in [6.45, 7) is 0. The lowest BCUT2D eigenvalue weighted by Gasteiger charge is -2.19. The van der Waals surface area contributed by atoms with Crippen molar-refractivity contribution in [1.29, 1.82) is 0 Å². The number of carbonyl (C=O) groups is 1. The third kappa shape index (κ3) is 4.56. The van der Waals surface area contributed by atoms with Crippen molar-refractivity contribution in [2.75, 3.05) is 0 Å². The van der Waals surface area contributed by atoms with E-state index in [1.165, 1.54) is 0 Å². The van der Waals surface area contributed by atoms with E-state index >= 15 is 0 Å². The first-order valence-corrected chi connectivity index (χ1v) is 8.13. The summed E-state index contributed by atoms with van der Waals surface area (Å²) >= 11 is 0. The zero-order valence-electron chi connectivity index (χ0n) is 13.5. The van der Waals surface area contributed by atoms with E-state index in [1.807, 2.05) is 78.9 Å². The van der Waals surface area contributed by atoms with Gasteiger partial charge in [0.1, 0.15) is 6.10 Å². The third-order valence-corrected chi connectivity index (χ3v) is 3.90. The van der Waals surface area contributed by atoms with Crippen LogP contribution in [-0.4, -0.2) is 5.97 Å². The fourth-order valence-electron chi connectivity index (χ4n) is 2.69. The number of ether oxygens (including phenoxy) is 1. The number of carbonyl (C=O) groups excluding carboxylic acids is 1. The van der Waals surface area contributed by atoms with Gasteiger partial charge in [0.25, 0.3) is 0 Å². The number of hydrogen-bond acceptors (Lipinski definition) is 2. The summed E-state index contributed by atoms with van der Waals surface area (Å²) in [6.07, 6.45) is 0.689. The molecule has 0 aliphatic heterocycles. The third-order valence-electron chi connectivity index (χ3n) is 3.90. The Balaban J connectivity index is 1.73. The second-order valence-electron chi connectivity index (χ2n) is 5.74. The zero-order chi connectivity index (χ0) is 16.6. The maximum Gasteiger partial charge on any atom is 0.310 e. The fourth-order valence-corrected chi connectivity index (χ4v) is 2.69. The van der Waals surface area contributed by atoms with Crippen LogP contribution in [-0.2, 0) is 22.4 Å². The Bertz CT molecular complexity index is 752. The molecule has 0 saturated carbocycles. The summed E-state index contributed by atoms with van der Waals surface area (Å²) in [6, 6.07) is 29.7. The smallest absolute Gasteiger partial charge is 0.310 e. The van der Waals surface area contributed by atoms with E-state index in [0.29, 0.717) is 12.8 Å². The van der Waals surface area contributed by atoms with Gasteiger partial charge in [-0.05, 0) is 16.7 Å². The van der Waals surface area contributed by atoms with Crippen LogP contribution in [0.5, 0.6) is 0 Å². The molecule has 1 unspecified atom stereocenters. The molecule has 0 bridgehead atoms. The number of rotatable bonds is 6. The average Bonchev–Trinajstić information content (AvgIpc) is 2.63. The SMILES string of the molecule is O=C(Cc1ccccc1)OC(Cc1ccccc1)c1ccccc1. The van der Waals surface area contributed by atoms with Crippen LogP contribution in [0, 0.1) is 0 Å². The van der Waals surface area contributed by atoms with Crippen LogP contribution in [0.1, 0.15) is 22.8 Å². The van der Waals surface area contributed by atoms with Crippen molar-refractivity contribution in [2.24, 2.45) is 0 Å². The molecule has 3 aromatic carbocycles. The average molecular weight is 316 g/mol. The molecule has 0 radical (unpaired) electrons. The maximum absolute atomic E-state index is 12.4. The fraction of sp³-hybridized carbons (Fsp3) is 0.136. The molecule has 2 nitrogen and oxygen atoms in total. The molecule has 3 rings (SSSR count). The van der Waals surface area contributed by atoms with Crippen LogP contribution in [0.2, 0.25) is 0 Å². The van der Waals surface area contributed by atoms with E-state index in [0.717, 1.165) is 16.7 Å². The monoisotopic (exact) mass is 316 g/mol. The van der Waals surface area contributed by atoms with Gasteiger partial charge in [-0.25, -0.2) is 0 Å². The molecule has 0 N–H and O–H groups in total. The lowest BCUT2D eigenvalue weighted by Crippen LogP contribution is -2.15. The molecule has 0 aromatic heterocycles. The molecular weight excluding hydrogens is 296 g/mol. The highest BCUT2D eigenvalue weighted by Crippen LogP contribution is 2.23. The molecule has 120 valence electrons. The Labute approximate surface area is 142 Å². The van der Waals surface area contributed by atoms with Crippen LogP contribution < -0.4 is 0 Å². The zero-order valence-corrected chi connectivity index (χ0v) is 13.5. The second-order valence-corrected chi connectivity index (χ2v) is 5.74. The number of hydrogen-bond donors (Lipinski definition) is 0. The van der Waals surface area contributed by atoms with Crippen molar-refractivity contribution in [3.63, 3.8) is 0 Å². The van der Waals surface area contributed by atoms with Gasteiger partial charge in [0.15, 0.2) is 0 Å². The number of esters is 1. The molecular formula is C22H20O2. The summed E-state index contributed by atoms with van der Waals surface area (Å²) in [5.74, 6) is -0.203. The van der Waals surface area contributed by atoms with E-state index in [1.54, 1.807) is 0 Å². The summed E-state index contributed by atoms with van der Waals surface area (Å²) in [5, 5.41) is 0. The Morgan fingerprint density at radius 2 is 1.21 bits per heavy atom. The molecule has 0 heterocycles. The van der Waals surface area contributed by atoms with Crippen LogP contribution in [0.25, 0.3) is 0 Å². The minimum absolute atomic E-state index is 0.203. The van der Waals surface area contributed by atoms with Crippen molar-refractivity contribution < 1.29 is 9.53 Å². The Morgan fingerprint density at radius 1 is 0.708 bits per heavy atom. The summed E-state index contributed by atoms with van der Waals surface area (Å²) in [7, 11) is 0. The normalized spacial score (nSPS) is 11.7. The predicted molar refractivity (Wildman–Crippen MR) is 95.6 cm³/mol. The Kier molecular flexibility index (Phi) is 5.41. The van der Waals surface area contributed by atoms with Crippen molar-refractivity contribution in [3.05, 3.63) is 108 Å². The molecule has 0 spiro atoms. The molecule has 24 heavy (non-hydrogen) atoms. The first-order valence-electron chi connectivity index (χ1n) is 8.13. The van der Waals surface area contributed by atoms with Gasteiger partial charge in [0.05, 0.1) is 6.42 Å². The minimum Gasteiger partial charge on any atom is -0.457 e. The van der Waals surface area contributed by atoms with E-state index in [-0.39, 0.29) is 12.1 Å². The molecule has 0 amide bonds. The molecule has 0 saturated heterocycles. The maximum atomic E-state index is 12.4. The summed E-state index contributed by atoms with van der Waals surface area (Å²) in [4.78, 5) is 12.4. The first kappa shape index (κ1) is 16.0. The van der Waals surface area contributed by atoms with Crippen molar-refractivity contribution in [1.82, 2.24) is 0 Å². The molecule has 1 atom stereocenters. The number of benzene rings is 3. The van der Waals surface area contributed by atoms with Crippen molar-refractivity contribution in [3.8, 4) is 0 Å². The van der Waals surface area contributed by atoms with Crippen LogP contribution in [0.15, 0.2) is 91.0 Å². The lowest BCUT2D eigenvalue weighted by atomic mass is 10.0. The van der Waals surface area contributed by atoms with E-state index < -0.39 is 0 Å². The van der Waals surface area contributed by atoms with Crippen LogP contribution >= 0.6 is 0 Å². The van der Waals surface area contributed by atoms with Gasteiger partial charge < -0.3 is 4.74 Å². The Hall–Kier alpha value is -2.87. The molecule has 0 aliphatic rings. The van der Waals surface area contributed by atoms with Gasteiger partial charge >= 0.3 is 5.97 Å². The van der Waals surface area contributed by atoms with Crippen LogP contribution in [0.4, 0.5) is 0 Å². The second kappa shape index (κ2) is 8.11. The van der Waals surface area contributed by atoms with Crippen molar-refractivity contribution in [2.45, 2.75) is 18.9 Å². The van der Waals surface area contributed by atoms with Gasteiger partial charge in [-0.3, -0.25) is 4.79 Å². The largest absolute Gasteiger partial charge is 0.457 e. The van der Waals surface area contributed by atoms with Gasteiger partial charge in [-0.1, -0.05) is 91.0 Å². The van der Waals surface area contributed by atoms with E-state index in [9.17, 15) is 4.79 Å². The highest BCUT2D eigenvalue weighted by Gasteiger charge is 2.17. The summed E-state index contributed by atoms with van der Waals surface area (Å²) < 4.78 is 5.81. The van der Waals surface area contributed by atoms with E-state index in [4.69, 9.17) is 4.74 Å². The predicted octanol–water partition coefficient (Wildman–Crippen LogP) is 4.76. The quantitative estimate of drug-likeness (QED) is 0.613. The van der Waals surface area contributed by atoms with E-state index in [2.05, 4.69) is 12.1 Å². The molecule has 2 heteroatoms. The van der Waals surface area contributed by atoms with Gasteiger partial charge in [0.2, 0.25) is 0 Å². The van der Waals surface area contributed by atoms with Crippen LogP contribution in [0.3, 0.4) is 0 Å². The van der Waals surface area contributed by atoms with Gasteiger partial charge in [-0.2, -0.15) is 0 Å². The summed E-state index contributed by atoms with van der Waals surface area (Å²) in [5.41, 5.74) is 3.13. The molecule has 0 fully saturated rings. The van der Waals surface area contributed by atoms with Gasteiger partial charge in [-0.15, -0.1) is 0 Å². The lowest BCUT2D eigenvalue weighted by molar-refractivity contribution is -0.148. The molecule has 3 aromatic rings. The standard InChI is InChI=1S/C22H20O2/c23-22(17-19-12-6-2-7-13-19)24-21(20-14-8-3-9-15-20)16-18-10-4-1-5-11-18/h1-15,21H,16-17H2. The highest BCUT2D eigenvalue weighted by atomic mass is 16.5. The minimum atomic E-state index is -0.273. The highest BCUT2D eigenvalue weighted by molar-refractivity contribution is 5.72.